The van der Waals surface area contributed by atoms with Gasteiger partial charge in [-0.15, -0.1) is 0 Å². The number of rotatable bonds is 5. The Balaban J connectivity index is 1.17. The topological polar surface area (TPSA) is 43.6 Å². The molecule has 1 unspecified atom stereocenters. The van der Waals surface area contributed by atoms with Gasteiger partial charge in [0.2, 0.25) is 0 Å². The van der Waals surface area contributed by atoms with E-state index < -0.39 is 0 Å². The average Bonchev–Trinajstić information content (AvgIpc) is 3.73. The van der Waals surface area contributed by atoms with E-state index in [1.165, 1.54) is 27.7 Å². The summed E-state index contributed by atoms with van der Waals surface area (Å²) < 4.78 is 15.1. The van der Waals surface area contributed by atoms with Crippen LogP contribution in [-0.2, 0) is 6.42 Å². The molecule has 4 nitrogen and oxygen atoms in total. The molecular formula is C41H30N2O2. The predicted octanol–water partition coefficient (Wildman–Crippen LogP) is 11.4. The first kappa shape index (κ1) is 25.8. The number of furan rings is 2. The lowest BCUT2D eigenvalue weighted by Gasteiger charge is -2.19. The maximum Gasteiger partial charge on any atom is 0.136 e. The van der Waals surface area contributed by atoms with Crippen molar-refractivity contribution >= 4 is 62.3 Å². The number of nitrogens with zero attached hydrogens (tertiary/aromatic N) is 2. The predicted molar refractivity (Wildman–Crippen MR) is 186 cm³/mol. The van der Waals surface area contributed by atoms with Gasteiger partial charge in [-0.05, 0) is 78.4 Å². The van der Waals surface area contributed by atoms with Crippen LogP contribution in [0.25, 0.3) is 66.7 Å². The highest BCUT2D eigenvalue weighted by atomic mass is 16.3. The van der Waals surface area contributed by atoms with Crippen molar-refractivity contribution in [2.45, 2.75) is 25.7 Å². The monoisotopic (exact) mass is 582 g/mol. The van der Waals surface area contributed by atoms with Crippen molar-refractivity contribution < 1.29 is 8.83 Å². The molecule has 0 aliphatic heterocycles. The molecule has 1 aliphatic carbocycles. The Morgan fingerprint density at radius 2 is 1.42 bits per heavy atom. The van der Waals surface area contributed by atoms with Crippen molar-refractivity contribution in [3.63, 3.8) is 0 Å². The summed E-state index contributed by atoms with van der Waals surface area (Å²) in [6.07, 6.45) is 6.31. The quantitative estimate of drug-likeness (QED) is 0.189. The van der Waals surface area contributed by atoms with Crippen LogP contribution >= 0.6 is 0 Å². The van der Waals surface area contributed by atoms with Gasteiger partial charge in [0, 0.05) is 50.8 Å². The van der Waals surface area contributed by atoms with E-state index in [4.69, 9.17) is 8.83 Å². The summed E-state index contributed by atoms with van der Waals surface area (Å²) in [5.74, 6) is 1.26. The summed E-state index contributed by atoms with van der Waals surface area (Å²) in [6.45, 7) is 6.20. The molecule has 1 atom stereocenters. The van der Waals surface area contributed by atoms with Crippen molar-refractivity contribution in [1.29, 1.82) is 0 Å². The van der Waals surface area contributed by atoms with Gasteiger partial charge in [-0.1, -0.05) is 79.7 Å². The van der Waals surface area contributed by atoms with Gasteiger partial charge in [-0.2, -0.15) is 0 Å². The van der Waals surface area contributed by atoms with Gasteiger partial charge in [0.1, 0.15) is 28.2 Å². The molecule has 0 spiro atoms. The second-order valence-corrected chi connectivity index (χ2v) is 12.1. The third-order valence-corrected chi connectivity index (χ3v) is 9.33. The largest absolute Gasteiger partial charge is 0.458 e. The first-order valence-electron chi connectivity index (χ1n) is 15.5. The Hall–Kier alpha value is -5.61. The first-order chi connectivity index (χ1) is 22.2. The lowest BCUT2D eigenvalue weighted by atomic mass is 9.93. The number of aromatic nitrogens is 1. The summed E-state index contributed by atoms with van der Waals surface area (Å²) in [7, 11) is 0. The zero-order valence-electron chi connectivity index (χ0n) is 25.0. The van der Waals surface area contributed by atoms with E-state index in [0.717, 1.165) is 67.6 Å². The van der Waals surface area contributed by atoms with Crippen LogP contribution in [0.5, 0.6) is 0 Å². The minimum atomic E-state index is 0.432. The molecule has 8 aromatic rings. The summed E-state index contributed by atoms with van der Waals surface area (Å²) in [5.41, 5.74) is 11.9. The van der Waals surface area contributed by atoms with Crippen LogP contribution in [0.1, 0.15) is 41.8 Å². The van der Waals surface area contributed by atoms with Gasteiger partial charge in [0.05, 0.1) is 5.52 Å². The number of fused-ring (bicyclic) bond motifs is 7. The first-order valence-corrected chi connectivity index (χ1v) is 15.5. The molecule has 3 heterocycles. The van der Waals surface area contributed by atoms with Gasteiger partial charge in [0.15, 0.2) is 0 Å². The minimum Gasteiger partial charge on any atom is -0.458 e. The van der Waals surface area contributed by atoms with Gasteiger partial charge in [0.25, 0.3) is 0 Å². The molecule has 3 aromatic heterocycles. The summed E-state index contributed by atoms with van der Waals surface area (Å²) >= 11 is 0. The Kier molecular flexibility index (Phi) is 5.72. The van der Waals surface area contributed by atoms with E-state index in [1.807, 2.05) is 24.3 Å². The lowest BCUT2D eigenvalue weighted by Crippen LogP contribution is -2.06. The molecular weight excluding hydrogens is 552 g/mol. The molecule has 0 amide bonds. The van der Waals surface area contributed by atoms with Gasteiger partial charge in [-0.25, -0.2) is 0 Å². The minimum absolute atomic E-state index is 0.432. The Labute approximate surface area is 260 Å². The lowest BCUT2D eigenvalue weighted by molar-refractivity contribution is 0.564. The number of hydrogen-bond donors (Lipinski definition) is 0. The second kappa shape index (κ2) is 9.96. The summed E-state index contributed by atoms with van der Waals surface area (Å²) in [6, 6.07) is 38.4. The van der Waals surface area contributed by atoms with Crippen LogP contribution in [0.3, 0.4) is 0 Å². The molecule has 1 aliphatic rings. The highest BCUT2D eigenvalue weighted by molar-refractivity contribution is 6.07. The van der Waals surface area contributed by atoms with E-state index in [-0.39, 0.29) is 0 Å². The highest BCUT2D eigenvalue weighted by Gasteiger charge is 2.24. The highest BCUT2D eigenvalue weighted by Crippen LogP contribution is 2.42. The van der Waals surface area contributed by atoms with E-state index in [2.05, 4.69) is 120 Å². The van der Waals surface area contributed by atoms with E-state index >= 15 is 0 Å². The second-order valence-electron chi connectivity index (χ2n) is 12.1. The fourth-order valence-corrected chi connectivity index (χ4v) is 7.20. The van der Waals surface area contributed by atoms with Crippen LogP contribution in [0.15, 0.2) is 129 Å². The molecule has 5 aromatic carbocycles. The van der Waals surface area contributed by atoms with Crippen LogP contribution in [0, 0.1) is 0 Å². The summed E-state index contributed by atoms with van der Waals surface area (Å²) in [4.78, 5) is 4.40. The zero-order valence-corrected chi connectivity index (χ0v) is 25.0. The number of aliphatic imine (C=N–C) groups is 1. The van der Waals surface area contributed by atoms with E-state index in [9.17, 15) is 0 Å². The number of hydrogen-bond acceptors (Lipinski definition) is 3. The Morgan fingerprint density at radius 1 is 0.733 bits per heavy atom. The van der Waals surface area contributed by atoms with Crippen LogP contribution in [-0.4, -0.2) is 11.3 Å². The van der Waals surface area contributed by atoms with E-state index in [1.54, 1.807) is 0 Å². The zero-order chi connectivity index (χ0) is 30.1. The molecule has 0 fully saturated rings. The third-order valence-electron chi connectivity index (χ3n) is 9.33. The SMILES string of the molecule is C=Nc1c(Cc2ccccc2)oc2ccc(-c3ccc4oc5ccc(-n6c7c(c8ccccc86)C=CCC7C)cc5c4c3)cc12. The van der Waals surface area contributed by atoms with E-state index in [0.29, 0.717) is 12.3 Å². The molecule has 0 bridgehead atoms. The standard InChI is InChI=1S/C41H30N2O2/c1-25-9-8-13-31-30-12-6-7-14-35(30)43(41(25)31)29-17-20-37-33(24-29)32-22-27(15-18-36(32)44-37)28-16-19-38-34(23-28)40(42-2)39(45-38)21-26-10-4-3-5-11-26/h3-8,10-20,22-25H,2,9,21H2,1H3. The third kappa shape index (κ3) is 4.02. The van der Waals surface area contributed by atoms with Gasteiger partial charge >= 0.3 is 0 Å². The van der Waals surface area contributed by atoms with Crippen LogP contribution in [0.2, 0.25) is 0 Å². The molecule has 4 heteroatoms. The van der Waals surface area contributed by atoms with Crippen molar-refractivity contribution in [2.75, 3.05) is 0 Å². The molecule has 0 radical (unpaired) electrons. The summed E-state index contributed by atoms with van der Waals surface area (Å²) in [5, 5.41) is 4.48. The van der Waals surface area contributed by atoms with Crippen molar-refractivity contribution in [1.82, 2.24) is 4.57 Å². The normalized spacial score (nSPS) is 14.6. The van der Waals surface area contributed by atoms with Crippen molar-refractivity contribution in [3.05, 3.63) is 138 Å². The molecule has 9 rings (SSSR count). The van der Waals surface area contributed by atoms with Gasteiger partial charge < -0.3 is 13.4 Å². The smallest absolute Gasteiger partial charge is 0.136 e. The maximum absolute atomic E-state index is 6.34. The van der Waals surface area contributed by atoms with Crippen LogP contribution < -0.4 is 0 Å². The number of benzene rings is 5. The fraction of sp³-hybridized carbons (Fsp3) is 0.0976. The van der Waals surface area contributed by atoms with Crippen molar-refractivity contribution in [2.24, 2.45) is 4.99 Å². The van der Waals surface area contributed by atoms with Crippen molar-refractivity contribution in [3.8, 4) is 16.8 Å². The van der Waals surface area contributed by atoms with Gasteiger partial charge in [-0.3, -0.25) is 4.99 Å². The molecule has 0 saturated heterocycles. The number of allylic oxidation sites excluding steroid dienone is 1. The Morgan fingerprint density at radius 3 is 2.22 bits per heavy atom. The van der Waals surface area contributed by atoms with Crippen LogP contribution in [0.4, 0.5) is 5.69 Å². The Bertz CT molecular complexity index is 2470. The molecule has 45 heavy (non-hydrogen) atoms. The molecule has 0 saturated carbocycles. The average molecular weight is 583 g/mol. The maximum atomic E-state index is 6.34. The number of para-hydroxylation sites is 1. The molecule has 216 valence electrons. The fourth-order valence-electron chi connectivity index (χ4n) is 7.20. The molecule has 0 N–H and O–H groups in total.